The molecule has 0 radical (unpaired) electrons. The van der Waals surface area contributed by atoms with Crippen LogP contribution in [-0.4, -0.2) is 34.2 Å². The number of hydrogen-bond acceptors (Lipinski definition) is 3. The van der Waals surface area contributed by atoms with Gasteiger partial charge in [-0.2, -0.15) is 0 Å². The van der Waals surface area contributed by atoms with Crippen LogP contribution in [0.5, 0.6) is 0 Å². The summed E-state index contributed by atoms with van der Waals surface area (Å²) in [5, 5.41) is 9.22. The van der Waals surface area contributed by atoms with Crippen LogP contribution in [0.25, 0.3) is 0 Å². The fraction of sp³-hybridized carbons (Fsp3) is 0.533. The Kier molecular flexibility index (Phi) is 5.31. The molecule has 19 heavy (non-hydrogen) atoms. The fourth-order valence-corrected chi connectivity index (χ4v) is 2.93. The molecule has 0 unspecified atom stereocenters. The number of hydrogen-bond donors (Lipinski definition) is 2. The molecule has 104 valence electrons. The van der Waals surface area contributed by atoms with E-state index in [9.17, 15) is 5.11 Å². The predicted molar refractivity (Wildman–Crippen MR) is 82.1 cm³/mol. The van der Waals surface area contributed by atoms with Crippen LogP contribution in [0.15, 0.2) is 24.3 Å². The van der Waals surface area contributed by atoms with Crippen molar-refractivity contribution in [3.8, 4) is 0 Å². The van der Waals surface area contributed by atoms with Crippen LogP contribution >= 0.6 is 12.2 Å². The first kappa shape index (κ1) is 14.4. The molecule has 0 atom stereocenters. The van der Waals surface area contributed by atoms with Gasteiger partial charge in [0, 0.05) is 24.7 Å². The van der Waals surface area contributed by atoms with E-state index in [-0.39, 0.29) is 6.61 Å². The van der Waals surface area contributed by atoms with Gasteiger partial charge < -0.3 is 10.8 Å². The van der Waals surface area contributed by atoms with Crippen LogP contribution in [0.2, 0.25) is 0 Å². The van der Waals surface area contributed by atoms with E-state index in [4.69, 9.17) is 18.0 Å². The number of nitrogens with zero attached hydrogens (tertiary/aromatic N) is 1. The Morgan fingerprint density at radius 1 is 1.26 bits per heavy atom. The number of aliphatic hydroxyl groups is 1. The Morgan fingerprint density at radius 3 is 2.42 bits per heavy atom. The van der Waals surface area contributed by atoms with Crippen LogP contribution in [0.1, 0.15) is 36.8 Å². The molecule has 0 spiro atoms. The highest BCUT2D eigenvalue weighted by Crippen LogP contribution is 2.24. The summed E-state index contributed by atoms with van der Waals surface area (Å²) in [4.78, 5) is 2.83. The molecular weight excluding hydrogens is 256 g/mol. The molecule has 1 saturated carbocycles. The maximum Gasteiger partial charge on any atom is 0.103 e. The minimum Gasteiger partial charge on any atom is -0.395 e. The van der Waals surface area contributed by atoms with E-state index < -0.39 is 0 Å². The molecule has 1 aromatic carbocycles. The van der Waals surface area contributed by atoms with Crippen LogP contribution in [0.4, 0.5) is 0 Å². The Hall–Kier alpha value is -0.970. The van der Waals surface area contributed by atoms with E-state index in [1.54, 1.807) is 0 Å². The zero-order chi connectivity index (χ0) is 13.7. The van der Waals surface area contributed by atoms with Crippen molar-refractivity contribution in [3.05, 3.63) is 35.4 Å². The first-order chi connectivity index (χ1) is 9.20. The second-order valence-corrected chi connectivity index (χ2v) is 5.63. The van der Waals surface area contributed by atoms with Gasteiger partial charge in [0.15, 0.2) is 0 Å². The third-order valence-electron chi connectivity index (χ3n) is 3.85. The molecule has 0 aliphatic heterocycles. The van der Waals surface area contributed by atoms with Gasteiger partial charge in [-0.15, -0.1) is 0 Å². The molecule has 0 aromatic heterocycles. The molecule has 0 saturated heterocycles. The van der Waals surface area contributed by atoms with Gasteiger partial charge in [-0.3, -0.25) is 4.90 Å². The lowest BCUT2D eigenvalue weighted by Crippen LogP contribution is -2.35. The van der Waals surface area contributed by atoms with Crippen molar-refractivity contribution in [3.63, 3.8) is 0 Å². The quantitative estimate of drug-likeness (QED) is 0.782. The van der Waals surface area contributed by atoms with E-state index in [1.807, 2.05) is 12.1 Å². The third kappa shape index (κ3) is 4.00. The van der Waals surface area contributed by atoms with Crippen molar-refractivity contribution >= 4 is 17.2 Å². The average Bonchev–Trinajstić information content (AvgIpc) is 2.92. The van der Waals surface area contributed by atoms with Crippen molar-refractivity contribution < 1.29 is 5.11 Å². The summed E-state index contributed by atoms with van der Waals surface area (Å²) in [6.45, 7) is 1.87. The van der Waals surface area contributed by atoms with E-state index in [0.29, 0.717) is 11.0 Å². The Bertz CT molecular complexity index is 413. The second kappa shape index (κ2) is 6.98. The van der Waals surface area contributed by atoms with Gasteiger partial charge in [-0.05, 0) is 18.4 Å². The van der Waals surface area contributed by atoms with Crippen molar-refractivity contribution in [1.29, 1.82) is 0 Å². The van der Waals surface area contributed by atoms with Crippen molar-refractivity contribution in [2.45, 2.75) is 38.3 Å². The monoisotopic (exact) mass is 278 g/mol. The highest BCUT2D eigenvalue weighted by atomic mass is 32.1. The zero-order valence-corrected chi connectivity index (χ0v) is 12.0. The lowest BCUT2D eigenvalue weighted by atomic mass is 10.1. The first-order valence-corrected chi connectivity index (χ1v) is 7.35. The summed E-state index contributed by atoms with van der Waals surface area (Å²) in [7, 11) is 0. The summed E-state index contributed by atoms with van der Waals surface area (Å²) in [6, 6.07) is 8.73. The maximum atomic E-state index is 9.22. The standard InChI is InChI=1S/C15H22N2OS/c16-15(19)13-7-5-12(6-8-13)11-17(9-10-18)14-3-1-2-4-14/h5-8,14,18H,1-4,9-11H2,(H2,16,19). The molecule has 0 heterocycles. The van der Waals surface area contributed by atoms with E-state index in [1.165, 1.54) is 31.2 Å². The minimum atomic E-state index is 0.224. The summed E-state index contributed by atoms with van der Waals surface area (Å²) < 4.78 is 0. The molecule has 1 aliphatic carbocycles. The number of benzene rings is 1. The highest BCUT2D eigenvalue weighted by Gasteiger charge is 2.22. The van der Waals surface area contributed by atoms with Crippen LogP contribution in [0, 0.1) is 0 Å². The van der Waals surface area contributed by atoms with Gasteiger partial charge >= 0.3 is 0 Å². The molecule has 1 aliphatic rings. The molecule has 1 aromatic rings. The zero-order valence-electron chi connectivity index (χ0n) is 11.2. The van der Waals surface area contributed by atoms with Gasteiger partial charge in [0.05, 0.1) is 6.61 Å². The number of rotatable bonds is 6. The van der Waals surface area contributed by atoms with Gasteiger partial charge in [0.2, 0.25) is 0 Å². The topological polar surface area (TPSA) is 49.5 Å². The number of thiocarbonyl (C=S) groups is 1. The normalized spacial score (nSPS) is 16.1. The van der Waals surface area contributed by atoms with Gasteiger partial charge in [-0.25, -0.2) is 0 Å². The molecule has 0 amide bonds. The lowest BCUT2D eigenvalue weighted by Gasteiger charge is -2.28. The molecule has 3 N–H and O–H groups in total. The lowest BCUT2D eigenvalue weighted by molar-refractivity contribution is 0.145. The van der Waals surface area contributed by atoms with E-state index in [0.717, 1.165) is 18.7 Å². The SMILES string of the molecule is NC(=S)c1ccc(CN(CCO)C2CCCC2)cc1. The summed E-state index contributed by atoms with van der Waals surface area (Å²) in [5.41, 5.74) is 7.76. The largest absolute Gasteiger partial charge is 0.395 e. The fourth-order valence-electron chi connectivity index (χ4n) is 2.80. The third-order valence-corrected chi connectivity index (χ3v) is 4.09. The molecule has 3 nitrogen and oxygen atoms in total. The summed E-state index contributed by atoms with van der Waals surface area (Å²) in [6.07, 6.45) is 5.13. The van der Waals surface area contributed by atoms with Gasteiger partial charge in [0.25, 0.3) is 0 Å². The van der Waals surface area contributed by atoms with Gasteiger partial charge in [0.1, 0.15) is 4.99 Å². The summed E-state index contributed by atoms with van der Waals surface area (Å²) >= 11 is 4.96. The van der Waals surface area contributed by atoms with Crippen molar-refractivity contribution in [2.75, 3.05) is 13.2 Å². The van der Waals surface area contributed by atoms with Crippen molar-refractivity contribution in [2.24, 2.45) is 5.73 Å². The summed E-state index contributed by atoms with van der Waals surface area (Å²) in [5.74, 6) is 0. The molecule has 4 heteroatoms. The average molecular weight is 278 g/mol. The molecular formula is C15H22N2OS. The highest BCUT2D eigenvalue weighted by molar-refractivity contribution is 7.80. The Balaban J connectivity index is 2.01. The van der Waals surface area contributed by atoms with Crippen LogP contribution in [-0.2, 0) is 6.54 Å². The predicted octanol–water partition coefficient (Wildman–Crippen LogP) is 2.06. The molecule has 2 rings (SSSR count). The second-order valence-electron chi connectivity index (χ2n) is 5.19. The van der Waals surface area contributed by atoms with Crippen LogP contribution in [0.3, 0.4) is 0 Å². The minimum absolute atomic E-state index is 0.224. The van der Waals surface area contributed by atoms with Crippen LogP contribution < -0.4 is 5.73 Å². The first-order valence-electron chi connectivity index (χ1n) is 6.94. The Morgan fingerprint density at radius 2 is 1.89 bits per heavy atom. The van der Waals surface area contributed by atoms with Gasteiger partial charge in [-0.1, -0.05) is 49.3 Å². The molecule has 0 bridgehead atoms. The van der Waals surface area contributed by atoms with E-state index in [2.05, 4.69) is 17.0 Å². The number of aliphatic hydroxyl groups excluding tert-OH is 1. The molecule has 1 fully saturated rings. The van der Waals surface area contributed by atoms with E-state index >= 15 is 0 Å². The smallest absolute Gasteiger partial charge is 0.103 e. The number of nitrogens with two attached hydrogens (primary N) is 1. The maximum absolute atomic E-state index is 9.22. The van der Waals surface area contributed by atoms with Crippen molar-refractivity contribution in [1.82, 2.24) is 4.90 Å². The Labute approximate surface area is 120 Å².